The normalized spacial score (nSPS) is 20.6. The van der Waals surface area contributed by atoms with Crippen molar-refractivity contribution < 1.29 is 9.60 Å². The van der Waals surface area contributed by atoms with E-state index in [9.17, 15) is 4.39 Å². The number of nitrogens with two attached hydrogens (primary N) is 1. The molecule has 2 rings (SSSR count). The standard InChI is InChI=1S/C13H18FN3OS/c1-2-10-8-17(5-6-19-10)12-4-3-9(14)7-11(12)13(15)16-18/h3-4,7,10,18H,2,5-6,8H2,1H3,(H2,15,16). The topological polar surface area (TPSA) is 61.8 Å². The molecule has 1 saturated heterocycles. The van der Waals surface area contributed by atoms with Crippen molar-refractivity contribution in [3.8, 4) is 0 Å². The second-order valence-corrected chi connectivity index (χ2v) is 5.90. The van der Waals surface area contributed by atoms with E-state index in [0.717, 1.165) is 31.0 Å². The van der Waals surface area contributed by atoms with Crippen LogP contribution >= 0.6 is 11.8 Å². The number of hydrogen-bond donors (Lipinski definition) is 2. The van der Waals surface area contributed by atoms with Crippen molar-refractivity contribution in [1.82, 2.24) is 0 Å². The lowest BCUT2D eigenvalue weighted by Crippen LogP contribution is -2.38. The number of hydrogen-bond acceptors (Lipinski definition) is 4. The molecule has 3 N–H and O–H groups in total. The van der Waals surface area contributed by atoms with Crippen LogP contribution in [0.15, 0.2) is 23.4 Å². The molecular formula is C13H18FN3OS. The number of rotatable bonds is 3. The van der Waals surface area contributed by atoms with Crippen molar-refractivity contribution in [2.24, 2.45) is 10.9 Å². The molecule has 1 atom stereocenters. The predicted molar refractivity (Wildman–Crippen MR) is 77.7 cm³/mol. The maximum atomic E-state index is 13.3. The summed E-state index contributed by atoms with van der Waals surface area (Å²) in [6, 6.07) is 4.42. The van der Waals surface area contributed by atoms with E-state index in [1.165, 1.54) is 12.1 Å². The first-order valence-electron chi connectivity index (χ1n) is 6.29. The largest absolute Gasteiger partial charge is 0.409 e. The minimum Gasteiger partial charge on any atom is -0.409 e. The zero-order chi connectivity index (χ0) is 13.8. The summed E-state index contributed by atoms with van der Waals surface area (Å²) in [5, 5.41) is 12.4. The van der Waals surface area contributed by atoms with Crippen LogP contribution in [0.1, 0.15) is 18.9 Å². The molecule has 4 nitrogen and oxygen atoms in total. The molecule has 0 radical (unpaired) electrons. The number of thioether (sulfide) groups is 1. The summed E-state index contributed by atoms with van der Waals surface area (Å²) in [5.74, 6) is 0.593. The van der Waals surface area contributed by atoms with Gasteiger partial charge in [-0.1, -0.05) is 12.1 Å². The highest BCUT2D eigenvalue weighted by atomic mass is 32.2. The summed E-state index contributed by atoms with van der Waals surface area (Å²) >= 11 is 1.96. The number of nitrogens with zero attached hydrogens (tertiary/aromatic N) is 2. The van der Waals surface area contributed by atoms with E-state index in [2.05, 4.69) is 17.0 Å². The molecule has 1 heterocycles. The Morgan fingerprint density at radius 1 is 1.63 bits per heavy atom. The predicted octanol–water partition coefficient (Wildman–Crippen LogP) is 2.25. The molecule has 1 aromatic rings. The average molecular weight is 283 g/mol. The van der Waals surface area contributed by atoms with Gasteiger partial charge in [0.2, 0.25) is 0 Å². The van der Waals surface area contributed by atoms with Crippen LogP contribution in [0.25, 0.3) is 0 Å². The third-order valence-electron chi connectivity index (χ3n) is 3.28. The Morgan fingerprint density at radius 2 is 2.42 bits per heavy atom. The lowest BCUT2D eigenvalue weighted by molar-refractivity contribution is 0.318. The van der Waals surface area contributed by atoms with Gasteiger partial charge in [-0.2, -0.15) is 11.8 Å². The van der Waals surface area contributed by atoms with Crippen LogP contribution in [0.2, 0.25) is 0 Å². The van der Waals surface area contributed by atoms with E-state index in [0.29, 0.717) is 10.8 Å². The third-order valence-corrected chi connectivity index (χ3v) is 4.65. The molecule has 0 spiro atoms. The van der Waals surface area contributed by atoms with Crippen LogP contribution in [0.5, 0.6) is 0 Å². The van der Waals surface area contributed by atoms with Gasteiger partial charge >= 0.3 is 0 Å². The fourth-order valence-corrected chi connectivity index (χ4v) is 3.41. The molecule has 19 heavy (non-hydrogen) atoms. The van der Waals surface area contributed by atoms with Gasteiger partial charge in [-0.15, -0.1) is 0 Å². The molecule has 0 aliphatic carbocycles. The molecule has 104 valence electrons. The molecule has 0 amide bonds. The van der Waals surface area contributed by atoms with Crippen LogP contribution in [0.4, 0.5) is 10.1 Å². The first-order chi connectivity index (χ1) is 9.15. The first-order valence-corrected chi connectivity index (χ1v) is 7.34. The molecule has 1 aromatic carbocycles. The fourth-order valence-electron chi connectivity index (χ4n) is 2.23. The van der Waals surface area contributed by atoms with E-state index < -0.39 is 0 Å². The molecular weight excluding hydrogens is 265 g/mol. The number of amidine groups is 1. The molecule has 6 heteroatoms. The molecule has 0 aromatic heterocycles. The van der Waals surface area contributed by atoms with Gasteiger partial charge in [-0.25, -0.2) is 4.39 Å². The van der Waals surface area contributed by atoms with E-state index in [-0.39, 0.29) is 11.7 Å². The Labute approximate surface area is 116 Å². The number of benzene rings is 1. The molecule has 1 aliphatic heterocycles. The van der Waals surface area contributed by atoms with Crippen molar-refractivity contribution in [3.63, 3.8) is 0 Å². The van der Waals surface area contributed by atoms with E-state index in [4.69, 9.17) is 10.9 Å². The van der Waals surface area contributed by atoms with Gasteiger partial charge in [0.25, 0.3) is 0 Å². The maximum Gasteiger partial charge on any atom is 0.172 e. The SMILES string of the molecule is CCC1CN(c2ccc(F)cc2/C(N)=N/O)CCS1. The minimum absolute atomic E-state index is 0.0548. The highest BCUT2D eigenvalue weighted by molar-refractivity contribution is 8.00. The van der Waals surface area contributed by atoms with E-state index in [1.807, 2.05) is 11.8 Å². The summed E-state index contributed by atoms with van der Waals surface area (Å²) in [6.07, 6.45) is 1.10. The van der Waals surface area contributed by atoms with Gasteiger partial charge in [0.15, 0.2) is 5.84 Å². The first kappa shape index (κ1) is 14.0. The Balaban J connectivity index is 2.33. The quantitative estimate of drug-likeness (QED) is 0.386. The summed E-state index contributed by atoms with van der Waals surface area (Å²) in [4.78, 5) is 2.18. The van der Waals surface area contributed by atoms with Gasteiger partial charge in [-0.05, 0) is 24.6 Å². The summed E-state index contributed by atoms with van der Waals surface area (Å²) in [6.45, 7) is 3.95. The van der Waals surface area contributed by atoms with Gasteiger partial charge in [0, 0.05) is 35.3 Å². The molecule has 1 unspecified atom stereocenters. The fraction of sp³-hybridized carbons (Fsp3) is 0.462. The highest BCUT2D eigenvalue weighted by Gasteiger charge is 2.22. The van der Waals surface area contributed by atoms with Crippen molar-refractivity contribution in [1.29, 1.82) is 0 Å². The van der Waals surface area contributed by atoms with Crippen LogP contribution in [0.3, 0.4) is 0 Å². The molecule has 1 aliphatic rings. The Kier molecular flexibility index (Phi) is 4.52. The van der Waals surface area contributed by atoms with Crippen molar-refractivity contribution in [2.45, 2.75) is 18.6 Å². The third kappa shape index (κ3) is 3.12. The lowest BCUT2D eigenvalue weighted by atomic mass is 10.1. The van der Waals surface area contributed by atoms with E-state index in [1.54, 1.807) is 6.07 Å². The van der Waals surface area contributed by atoms with Crippen LogP contribution in [-0.2, 0) is 0 Å². The second-order valence-electron chi connectivity index (χ2n) is 4.49. The Bertz CT molecular complexity index is 481. The average Bonchev–Trinajstić information content (AvgIpc) is 2.46. The monoisotopic (exact) mass is 283 g/mol. The van der Waals surface area contributed by atoms with Crippen molar-refractivity contribution >= 4 is 23.3 Å². The zero-order valence-electron chi connectivity index (χ0n) is 10.8. The molecule has 1 fully saturated rings. The molecule has 0 bridgehead atoms. The summed E-state index contributed by atoms with van der Waals surface area (Å²) in [7, 11) is 0. The maximum absolute atomic E-state index is 13.3. The highest BCUT2D eigenvalue weighted by Crippen LogP contribution is 2.28. The Hall–Kier alpha value is -1.43. The summed E-state index contributed by atoms with van der Waals surface area (Å²) < 4.78 is 13.3. The second kappa shape index (κ2) is 6.14. The number of halogens is 1. The van der Waals surface area contributed by atoms with Gasteiger partial charge in [0.1, 0.15) is 5.82 Å². The van der Waals surface area contributed by atoms with Crippen LogP contribution in [-0.4, -0.2) is 35.1 Å². The molecule has 0 saturated carbocycles. The van der Waals surface area contributed by atoms with Gasteiger partial charge in [0.05, 0.1) is 0 Å². The van der Waals surface area contributed by atoms with Crippen molar-refractivity contribution in [3.05, 3.63) is 29.6 Å². The Morgan fingerprint density at radius 3 is 3.11 bits per heavy atom. The van der Waals surface area contributed by atoms with Crippen LogP contribution < -0.4 is 10.6 Å². The van der Waals surface area contributed by atoms with E-state index >= 15 is 0 Å². The van der Waals surface area contributed by atoms with Crippen molar-refractivity contribution in [2.75, 3.05) is 23.7 Å². The van der Waals surface area contributed by atoms with Gasteiger partial charge in [-0.3, -0.25) is 0 Å². The van der Waals surface area contributed by atoms with Crippen LogP contribution in [0, 0.1) is 5.82 Å². The van der Waals surface area contributed by atoms with Gasteiger partial charge < -0.3 is 15.8 Å². The number of oxime groups is 1. The zero-order valence-corrected chi connectivity index (χ0v) is 11.7. The number of anilines is 1. The lowest BCUT2D eigenvalue weighted by Gasteiger charge is -2.34. The smallest absolute Gasteiger partial charge is 0.172 e. The summed E-state index contributed by atoms with van der Waals surface area (Å²) in [5.41, 5.74) is 6.92. The minimum atomic E-state index is -0.385.